The Kier molecular flexibility index (Phi) is 16.8. The smallest absolute Gasteiger partial charge is 0.255 e. The maximum Gasteiger partial charge on any atom is 0.255 e. The van der Waals surface area contributed by atoms with Crippen molar-refractivity contribution in [3.8, 4) is 0 Å². The first kappa shape index (κ1) is 31.6. The highest BCUT2D eigenvalue weighted by Crippen LogP contribution is 2.24. The molecular formula is C25H39ClF3N5. The van der Waals surface area contributed by atoms with Gasteiger partial charge >= 0.3 is 0 Å². The maximum atomic E-state index is 12.9. The molecule has 0 aliphatic carbocycles. The maximum absolute atomic E-state index is 12.9. The molecule has 192 valence electrons. The normalized spacial score (nSPS) is 17.2. The van der Waals surface area contributed by atoms with Gasteiger partial charge in [-0.1, -0.05) is 57.2 Å². The quantitative estimate of drug-likeness (QED) is 0.310. The Morgan fingerprint density at radius 1 is 1.29 bits per heavy atom. The van der Waals surface area contributed by atoms with E-state index in [0.29, 0.717) is 18.1 Å². The molecule has 1 fully saturated rings. The first-order chi connectivity index (χ1) is 16.3. The van der Waals surface area contributed by atoms with Gasteiger partial charge in [0.25, 0.3) is 5.78 Å². The van der Waals surface area contributed by atoms with Gasteiger partial charge in [-0.2, -0.15) is 19.6 Å². The number of rotatable bonds is 5. The number of alkyl halides is 2. The van der Waals surface area contributed by atoms with Gasteiger partial charge in [-0.25, -0.2) is 8.78 Å². The van der Waals surface area contributed by atoms with Gasteiger partial charge in [-0.3, -0.25) is 4.39 Å². The van der Waals surface area contributed by atoms with Gasteiger partial charge in [0.15, 0.2) is 0 Å². The third kappa shape index (κ3) is 10.7. The summed E-state index contributed by atoms with van der Waals surface area (Å²) in [6.07, 6.45) is 8.95. The fraction of sp³-hybridized carbons (Fsp3) is 0.560. The van der Waals surface area contributed by atoms with E-state index in [9.17, 15) is 13.2 Å². The van der Waals surface area contributed by atoms with Crippen LogP contribution in [0, 0.1) is 5.92 Å². The minimum absolute atomic E-state index is 0.145. The topological polar surface area (TPSA) is 46.3 Å². The Bertz CT molecular complexity index is 896. The Hall–Kier alpha value is -2.35. The van der Waals surface area contributed by atoms with Crippen LogP contribution in [0.5, 0.6) is 0 Å². The molecule has 0 spiro atoms. The van der Waals surface area contributed by atoms with E-state index >= 15 is 0 Å². The van der Waals surface area contributed by atoms with Crippen LogP contribution in [0.15, 0.2) is 48.6 Å². The Morgan fingerprint density at radius 2 is 1.97 bits per heavy atom. The average Bonchev–Trinajstić information content (AvgIpc) is 3.21. The average molecular weight is 502 g/mol. The third-order valence-electron chi connectivity index (χ3n) is 5.14. The molecule has 1 saturated heterocycles. The van der Waals surface area contributed by atoms with Crippen molar-refractivity contribution < 1.29 is 13.2 Å². The van der Waals surface area contributed by atoms with Gasteiger partial charge < -0.3 is 4.90 Å². The summed E-state index contributed by atoms with van der Waals surface area (Å²) in [5, 5.41) is 4.70. The van der Waals surface area contributed by atoms with Crippen LogP contribution in [0.4, 0.5) is 19.0 Å². The van der Waals surface area contributed by atoms with E-state index < -0.39 is 12.0 Å². The van der Waals surface area contributed by atoms with Crippen molar-refractivity contribution in [2.24, 2.45) is 5.92 Å². The number of allylic oxidation sites excluding steroid dienone is 5. The second-order valence-electron chi connectivity index (χ2n) is 7.50. The fourth-order valence-corrected chi connectivity index (χ4v) is 3.30. The van der Waals surface area contributed by atoms with Crippen LogP contribution in [0.2, 0.25) is 5.15 Å². The van der Waals surface area contributed by atoms with E-state index in [2.05, 4.69) is 33.5 Å². The second kappa shape index (κ2) is 18.0. The molecule has 0 bridgehead atoms. The zero-order valence-electron chi connectivity index (χ0n) is 21.2. The lowest BCUT2D eigenvalue weighted by Gasteiger charge is -2.22. The van der Waals surface area contributed by atoms with Gasteiger partial charge in [0.05, 0.1) is 7.18 Å². The number of nitrogens with zero attached hydrogens (tertiary/aromatic N) is 5. The SMILES string of the molecule is C=C/C=C\C/C(F)=C(/C)C(C)F.CC.CC1CCCN(c2cc(Cl)nc3ncnn23)CC1.CF. The molecule has 2 aromatic rings. The monoisotopic (exact) mass is 501 g/mol. The number of fused-ring (bicyclic) bond motifs is 1. The van der Waals surface area contributed by atoms with Crippen LogP contribution in [0.25, 0.3) is 5.78 Å². The zero-order valence-corrected chi connectivity index (χ0v) is 22.0. The summed E-state index contributed by atoms with van der Waals surface area (Å²) in [4.78, 5) is 10.6. The van der Waals surface area contributed by atoms with Crippen molar-refractivity contribution in [3.05, 3.63) is 53.8 Å². The minimum atomic E-state index is -1.21. The first-order valence-corrected chi connectivity index (χ1v) is 12.0. The number of hydrogen-bond donors (Lipinski definition) is 0. The number of aromatic nitrogens is 4. The minimum Gasteiger partial charge on any atom is -0.356 e. The molecule has 5 nitrogen and oxygen atoms in total. The standard InChI is InChI=1S/C12H16ClN5.C10H14F2.C2H6.CH3F/c1-9-3-2-5-17(6-4-9)11-7-10(13)16-12-14-8-15-18(11)12;1-4-5-6-7-10(12)8(2)9(3)11;2*1-2/h7-9H,2-6H2,1H3;4-6,9H,1,7H2,2-3H3;1-2H3;1H3/b;6-5-,10-8+;;. The summed E-state index contributed by atoms with van der Waals surface area (Å²) in [5.41, 5.74) is 0.170. The lowest BCUT2D eigenvalue weighted by atomic mass is 10.0. The highest BCUT2D eigenvalue weighted by atomic mass is 35.5. The Morgan fingerprint density at radius 3 is 2.59 bits per heavy atom. The molecule has 34 heavy (non-hydrogen) atoms. The molecule has 0 amide bonds. The lowest BCUT2D eigenvalue weighted by molar-refractivity contribution is 0.398. The van der Waals surface area contributed by atoms with Gasteiger partial charge in [0.2, 0.25) is 0 Å². The molecule has 2 unspecified atom stereocenters. The van der Waals surface area contributed by atoms with E-state index in [1.165, 1.54) is 39.4 Å². The van der Waals surface area contributed by atoms with E-state index in [-0.39, 0.29) is 12.0 Å². The molecule has 3 rings (SSSR count). The molecule has 9 heteroatoms. The Labute approximate surface area is 207 Å². The number of halogens is 4. The highest BCUT2D eigenvalue weighted by Gasteiger charge is 2.18. The van der Waals surface area contributed by atoms with Crippen molar-refractivity contribution in [1.29, 1.82) is 0 Å². The summed E-state index contributed by atoms with van der Waals surface area (Å²) >= 11 is 6.05. The van der Waals surface area contributed by atoms with Crippen molar-refractivity contribution >= 4 is 23.2 Å². The predicted molar refractivity (Wildman–Crippen MR) is 138 cm³/mol. The molecule has 0 aromatic carbocycles. The molecule has 0 saturated carbocycles. The molecule has 1 aliphatic rings. The van der Waals surface area contributed by atoms with Crippen LogP contribution < -0.4 is 4.90 Å². The van der Waals surface area contributed by atoms with Crippen LogP contribution in [-0.4, -0.2) is 46.0 Å². The van der Waals surface area contributed by atoms with Crippen LogP contribution in [0.3, 0.4) is 0 Å². The summed E-state index contributed by atoms with van der Waals surface area (Å²) in [6.45, 7) is 14.6. The van der Waals surface area contributed by atoms with Crippen LogP contribution in [0.1, 0.15) is 60.3 Å². The lowest BCUT2D eigenvalue weighted by Crippen LogP contribution is -2.26. The van der Waals surface area contributed by atoms with Crippen molar-refractivity contribution in [1.82, 2.24) is 19.6 Å². The molecule has 0 radical (unpaired) electrons. The molecule has 2 atom stereocenters. The molecular weight excluding hydrogens is 463 g/mol. The second-order valence-corrected chi connectivity index (χ2v) is 7.89. The summed E-state index contributed by atoms with van der Waals surface area (Å²) < 4.78 is 36.7. The van der Waals surface area contributed by atoms with Gasteiger partial charge in [-0.05, 0) is 44.6 Å². The summed E-state index contributed by atoms with van der Waals surface area (Å²) in [5.74, 6) is 1.95. The van der Waals surface area contributed by atoms with E-state index in [1.807, 2.05) is 19.9 Å². The van der Waals surface area contributed by atoms with E-state index in [1.54, 1.807) is 22.7 Å². The summed E-state index contributed by atoms with van der Waals surface area (Å²) in [6, 6.07) is 1.87. The van der Waals surface area contributed by atoms with Crippen LogP contribution in [-0.2, 0) is 0 Å². The van der Waals surface area contributed by atoms with Gasteiger partial charge in [0, 0.05) is 25.6 Å². The number of anilines is 1. The van der Waals surface area contributed by atoms with Crippen molar-refractivity contribution in [3.63, 3.8) is 0 Å². The van der Waals surface area contributed by atoms with E-state index in [4.69, 9.17) is 11.6 Å². The molecule has 2 aromatic heterocycles. The van der Waals surface area contributed by atoms with Crippen molar-refractivity contribution in [2.45, 2.75) is 66.5 Å². The first-order valence-electron chi connectivity index (χ1n) is 11.6. The predicted octanol–water partition coefficient (Wildman–Crippen LogP) is 7.74. The number of hydrogen-bond acceptors (Lipinski definition) is 4. The molecule has 0 N–H and O–H groups in total. The molecule has 3 heterocycles. The fourth-order valence-electron chi connectivity index (χ4n) is 3.13. The van der Waals surface area contributed by atoms with Gasteiger partial charge in [-0.15, -0.1) is 0 Å². The zero-order chi connectivity index (χ0) is 26.1. The van der Waals surface area contributed by atoms with Crippen molar-refractivity contribution in [2.75, 3.05) is 25.2 Å². The highest BCUT2D eigenvalue weighted by molar-refractivity contribution is 6.29. The van der Waals surface area contributed by atoms with Gasteiger partial charge in [0.1, 0.15) is 29.3 Å². The van der Waals surface area contributed by atoms with Crippen LogP contribution >= 0.6 is 11.6 Å². The van der Waals surface area contributed by atoms with E-state index in [0.717, 1.165) is 24.8 Å². The largest absolute Gasteiger partial charge is 0.356 e. The molecule has 1 aliphatic heterocycles. The summed E-state index contributed by atoms with van der Waals surface area (Å²) in [7, 11) is 0.500. The third-order valence-corrected chi connectivity index (χ3v) is 5.33. The Balaban J connectivity index is 0.000000598.